The third-order valence-electron chi connectivity index (χ3n) is 17.0. The van der Waals surface area contributed by atoms with Gasteiger partial charge in [0.25, 0.3) is 0 Å². The van der Waals surface area contributed by atoms with Crippen LogP contribution in [0.4, 0.5) is 22.0 Å². The second-order valence-electron chi connectivity index (χ2n) is 25.7. The summed E-state index contributed by atoms with van der Waals surface area (Å²) in [5, 5.41) is 33.6. The van der Waals surface area contributed by atoms with Gasteiger partial charge in [0.2, 0.25) is 0 Å². The topological polar surface area (TPSA) is 272 Å². The molecule has 18 nitrogen and oxygen atoms in total. The molecule has 0 radical (unpaired) electrons. The van der Waals surface area contributed by atoms with Crippen LogP contribution in [0, 0.1) is 0 Å². The van der Waals surface area contributed by atoms with E-state index in [1.54, 1.807) is 20.4 Å². The molecule has 15 rings (SSSR count). The van der Waals surface area contributed by atoms with Crippen molar-refractivity contribution >= 4 is 170 Å². The highest BCUT2D eigenvalue weighted by Crippen LogP contribution is 2.68. The Labute approximate surface area is 721 Å². The van der Waals surface area contributed by atoms with Crippen LogP contribution in [0.5, 0.6) is 11.5 Å². The van der Waals surface area contributed by atoms with Crippen molar-refractivity contribution in [1.82, 2.24) is 30.1 Å². The minimum Gasteiger partial charge on any atom is -0.876 e. The Morgan fingerprint density at radius 3 is 1.21 bits per heavy atom. The van der Waals surface area contributed by atoms with Crippen LogP contribution in [0.25, 0.3) is 69.3 Å². The first-order valence-electron chi connectivity index (χ1n) is 36.1. The second kappa shape index (κ2) is 43.7. The monoisotopic (exact) mass is 1810 g/mol. The van der Waals surface area contributed by atoms with Crippen molar-refractivity contribution < 1.29 is 63.0 Å². The van der Waals surface area contributed by atoms with Crippen molar-refractivity contribution in [2.24, 2.45) is 0 Å². The van der Waals surface area contributed by atoms with Crippen LogP contribution >= 0.6 is 50.2 Å². The number of ether oxygens (including phenoxy) is 2. The average molecular weight is 1820 g/mol. The molecule has 4 heterocycles. The molecule has 122 heavy (non-hydrogen) atoms. The largest absolute Gasteiger partial charge is 0.876 e. The highest BCUT2D eigenvalue weighted by molar-refractivity contribution is 8.27. The molecule has 11 aromatic carbocycles. The lowest BCUT2D eigenvalue weighted by atomic mass is 10.2. The molecule has 0 atom stereocenters. The van der Waals surface area contributed by atoms with Crippen molar-refractivity contribution in [3.05, 3.63) is 369 Å². The van der Waals surface area contributed by atoms with Gasteiger partial charge in [-0.25, -0.2) is 31.8 Å². The van der Waals surface area contributed by atoms with E-state index in [0.29, 0.717) is 11.6 Å². The second-order valence-corrected chi connectivity index (χ2v) is 44.0. The maximum Gasteiger partial charge on any atom is 0.480 e. The van der Waals surface area contributed by atoms with Crippen LogP contribution in [-0.2, 0) is 36.4 Å². The third-order valence-corrected chi connectivity index (χ3v) is 37.0. The summed E-state index contributed by atoms with van der Waals surface area (Å²) < 4.78 is 128. The molecular weight excluding hydrogens is 1730 g/mol. The normalized spacial score (nSPS) is 11.9. The van der Waals surface area contributed by atoms with E-state index in [0.717, 1.165) is 99.8 Å². The molecule has 0 aliphatic carbocycles. The number of hydrogen-bond donors (Lipinski definition) is 1. The Bertz CT molecular complexity index is 5610. The van der Waals surface area contributed by atoms with Gasteiger partial charge < -0.3 is 38.1 Å². The molecule has 0 spiro atoms. The summed E-state index contributed by atoms with van der Waals surface area (Å²) >= 11 is 9.40. The number of fused-ring (bicyclic) bond motifs is 2. The van der Waals surface area contributed by atoms with Crippen LogP contribution in [0.3, 0.4) is 0 Å². The number of sulfonamides is 2. The molecule has 0 amide bonds. The van der Waals surface area contributed by atoms with E-state index in [2.05, 4.69) is 109 Å². The molecule has 0 saturated heterocycles. The summed E-state index contributed by atoms with van der Waals surface area (Å²) in [5.74, 6) is 2.99. The van der Waals surface area contributed by atoms with Gasteiger partial charge in [-0.15, -0.1) is 72.7 Å². The van der Waals surface area contributed by atoms with Gasteiger partial charge in [0.15, 0.2) is 21.7 Å². The summed E-state index contributed by atoms with van der Waals surface area (Å²) in [6, 6.07) is 108. The number of allylic oxidation sites excluding steroid dienone is 2. The van der Waals surface area contributed by atoms with Gasteiger partial charge in [-0.2, -0.15) is 27.1 Å². The van der Waals surface area contributed by atoms with Crippen LogP contribution in [0.1, 0.15) is 45.6 Å². The molecule has 4 aromatic heterocycles. The van der Waals surface area contributed by atoms with Crippen LogP contribution < -0.4 is 62.1 Å². The number of thiazole rings is 2. The molecule has 0 bridgehead atoms. The van der Waals surface area contributed by atoms with Crippen LogP contribution in [0.15, 0.2) is 345 Å². The van der Waals surface area contributed by atoms with Gasteiger partial charge in [-0.05, 0) is 97.1 Å². The standard InChI is InChI=1S/C25H22NOP2.C25H22NP2S.C13H10N4.2C11H11NO2S.C3H3F5NO4S2.2CH4/c1-28(22-14-6-2-7-15-22,23-16-8-3-9-17-23)26-29(27,24-18-10-4-11-19-24)25-20-12-5-13-21-25;1-27(22-14-6-2-7-15-22,23-16-8-3-9-17-23)26-28(29,24-18-10-4-11-19-24)25-20-12-5-13-21-25;1-2-6-10(7-3-1)12-15-13(17-16-12)11-8-4-5-9-14-11;1-7(13)5-11-12-9-6-8(14-2)3-4-10(9)15-11;1-7(13)5-11-12-9-4-3-8(14-2)6-10(9)15-11;1-2(4,5)14(10,11)9-15(12,13)3(6,7)8;;/h2*2-21H,1H2;1-9H,(H,15,16,17);2*3-6,13H,1-2H3;1H3;2*1H4/q2*-1;;;;-1;;/p-2/b;;;2*7-5-;;;. The summed E-state index contributed by atoms with van der Waals surface area (Å²) in [5.41, 5.74) is -2.49. The number of rotatable bonds is 21. The number of methoxy groups -OCH3 is 2. The van der Waals surface area contributed by atoms with Gasteiger partial charge >= 0.3 is 10.8 Å². The number of alkyl halides is 5. The smallest absolute Gasteiger partial charge is 0.480 e. The molecule has 0 fully saturated rings. The van der Waals surface area contributed by atoms with E-state index in [4.69, 9.17) is 37.3 Å². The zero-order valence-corrected chi connectivity index (χ0v) is 72.5. The van der Waals surface area contributed by atoms with Crippen molar-refractivity contribution in [2.75, 3.05) is 14.2 Å². The Morgan fingerprint density at radius 1 is 0.467 bits per heavy atom. The maximum atomic E-state index is 14.6. The number of hydrogen-bond acceptors (Lipinski definition) is 17. The highest BCUT2D eigenvalue weighted by Gasteiger charge is 2.44. The average Bonchev–Trinajstić information content (AvgIpc) is 1.25. The maximum absolute atomic E-state index is 14.6. The quantitative estimate of drug-likeness (QED) is 0.0398. The molecule has 15 aromatic rings. The fourth-order valence-corrected chi connectivity index (χ4v) is 29.6. The molecule has 0 unspecified atom stereocenters. The fraction of sp³-hybridized carbons (Fsp3) is 0.100. The zero-order valence-electron chi connectivity index (χ0n) is 64.8. The first kappa shape index (κ1) is 96.5. The molecule has 1 N–H and O–H groups in total. The highest BCUT2D eigenvalue weighted by atomic mass is 32.4. The van der Waals surface area contributed by atoms with Gasteiger partial charge in [-0.3, -0.25) is 10.1 Å². The Balaban J connectivity index is 0.000000186. The van der Waals surface area contributed by atoms with E-state index in [-0.39, 0.29) is 33.3 Å². The number of pyridine rings is 1. The first-order valence-corrected chi connectivity index (χ1v) is 48.8. The summed E-state index contributed by atoms with van der Waals surface area (Å²) in [6.07, 6.45) is 11.8. The number of H-pyrrole nitrogens is 1. The van der Waals surface area contributed by atoms with Crippen molar-refractivity contribution in [3.63, 3.8) is 0 Å². The van der Waals surface area contributed by atoms with E-state index in [9.17, 15) is 53.6 Å². The lowest BCUT2D eigenvalue weighted by Gasteiger charge is -2.48. The van der Waals surface area contributed by atoms with Gasteiger partial charge in [-0.1, -0.05) is 314 Å². The van der Waals surface area contributed by atoms with Crippen LogP contribution in [0.2, 0.25) is 0 Å². The molecule has 32 heteroatoms. The van der Waals surface area contributed by atoms with Crippen molar-refractivity contribution in [1.29, 1.82) is 0 Å². The predicted molar refractivity (Wildman–Crippen MR) is 501 cm³/mol. The molecule has 0 aliphatic heterocycles. The lowest BCUT2D eigenvalue weighted by Crippen LogP contribution is -2.30. The van der Waals surface area contributed by atoms with E-state index in [1.165, 1.54) is 48.7 Å². The summed E-state index contributed by atoms with van der Waals surface area (Å²) in [4.78, 5) is 28.0. The summed E-state index contributed by atoms with van der Waals surface area (Å²) in [6.45, 7) is 2.75. The molecule has 634 valence electrons. The van der Waals surface area contributed by atoms with E-state index >= 15 is 0 Å². The molecule has 0 saturated carbocycles. The SMILES string of the molecule is C.C.C=P([N-]P(=O)(c1ccccc1)c1ccccc1)(c1ccccc1)c1ccccc1.C=P([N-]P(=S)(c1ccccc1)c1ccccc1)(c1ccccc1)c1ccccc1.CC(F)(F)S(=O)(=O)[N-]S(=O)(=O)C(F)(F)F.COc1ccc2nc(/C=C(/C)[O-])sc2c1.COc1ccc2sc(/C=C(/C)[O-])nc2c1.c1ccc(-c2n[nH]c(-c3ccccn3)n2)cc1. The third kappa shape index (κ3) is 25.4. The lowest BCUT2D eigenvalue weighted by molar-refractivity contribution is -0.300. The van der Waals surface area contributed by atoms with E-state index in [1.807, 2.05) is 255 Å². The number of benzene rings is 11. The van der Waals surface area contributed by atoms with Crippen molar-refractivity contribution in [2.45, 2.75) is 46.4 Å². The van der Waals surface area contributed by atoms with Gasteiger partial charge in [0.05, 0.1) is 41.9 Å². The minimum absolute atomic E-state index is 0. The van der Waals surface area contributed by atoms with E-state index < -0.39 is 58.4 Å². The zero-order chi connectivity index (χ0) is 86.2. The molecular formula is C90H85F5N9O9P4S5-5. The summed E-state index contributed by atoms with van der Waals surface area (Å²) in [7, 11) is -17.4. The number of nitrogens with zero attached hydrogens (tertiary/aromatic N) is 8. The number of halogens is 5. The number of nitrogens with one attached hydrogen (secondary N) is 1. The van der Waals surface area contributed by atoms with Gasteiger partial charge in [0.1, 0.15) is 37.2 Å². The van der Waals surface area contributed by atoms with Crippen LogP contribution in [-0.4, -0.2) is 84.6 Å². The fourth-order valence-electron chi connectivity index (χ4n) is 11.1. The van der Waals surface area contributed by atoms with Crippen molar-refractivity contribution in [3.8, 4) is 34.4 Å². The Hall–Kier alpha value is -10.9. The number of aromatic nitrogens is 6. The molecule has 0 aliphatic rings. The minimum atomic E-state index is -6.48. The van der Waals surface area contributed by atoms with Gasteiger partial charge in [0, 0.05) is 24.8 Å². The Kier molecular flexibility index (Phi) is 34.6. The first-order chi connectivity index (χ1) is 57.3. The Morgan fingerprint density at radius 2 is 0.828 bits per heavy atom. The predicted octanol–water partition coefficient (Wildman–Crippen LogP) is 19.7. The number of aromatic amines is 1.